The van der Waals surface area contributed by atoms with Crippen LogP contribution in [-0.4, -0.2) is 41.1 Å². The molecular formula is C10H20N2S. The van der Waals surface area contributed by atoms with E-state index in [-0.39, 0.29) is 0 Å². The lowest BCUT2D eigenvalue weighted by molar-refractivity contribution is 0.150. The van der Waals surface area contributed by atoms with Gasteiger partial charge in [0.1, 0.15) is 0 Å². The van der Waals surface area contributed by atoms with Crippen molar-refractivity contribution in [2.75, 3.05) is 18.8 Å². The molecule has 76 valence electrons. The fourth-order valence-corrected chi connectivity index (χ4v) is 3.82. The zero-order valence-corrected chi connectivity index (χ0v) is 9.22. The molecule has 3 unspecified atom stereocenters. The molecule has 2 saturated heterocycles. The molecule has 0 radical (unpaired) electrons. The molecule has 2 fully saturated rings. The van der Waals surface area contributed by atoms with Crippen LogP contribution in [-0.2, 0) is 0 Å². The molecule has 2 nitrogen and oxygen atoms in total. The minimum Gasteiger partial charge on any atom is -0.327 e. The predicted molar refractivity (Wildman–Crippen MR) is 59.1 cm³/mol. The predicted octanol–water partition coefficient (Wildman–Crippen LogP) is 1.30. The summed E-state index contributed by atoms with van der Waals surface area (Å²) in [7, 11) is 0. The van der Waals surface area contributed by atoms with Gasteiger partial charge in [0, 0.05) is 23.9 Å². The average molecular weight is 200 g/mol. The lowest BCUT2D eigenvalue weighted by Crippen LogP contribution is -2.49. The van der Waals surface area contributed by atoms with Crippen LogP contribution in [0.1, 0.15) is 26.2 Å². The first-order valence-corrected chi connectivity index (χ1v) is 6.43. The summed E-state index contributed by atoms with van der Waals surface area (Å²) in [4.78, 5) is 2.62. The van der Waals surface area contributed by atoms with E-state index in [1.165, 1.54) is 31.6 Å². The third-order valence-corrected chi connectivity index (χ3v) is 4.61. The van der Waals surface area contributed by atoms with E-state index in [0.717, 1.165) is 17.8 Å². The molecule has 2 heterocycles. The third kappa shape index (κ3) is 2.20. The maximum atomic E-state index is 5.99. The quantitative estimate of drug-likeness (QED) is 0.692. The van der Waals surface area contributed by atoms with Gasteiger partial charge in [0.05, 0.1) is 0 Å². The topological polar surface area (TPSA) is 29.3 Å². The number of rotatable bonds is 1. The fraction of sp³-hybridized carbons (Fsp3) is 1.00. The smallest absolute Gasteiger partial charge is 0.0220 e. The second-order valence-electron chi connectivity index (χ2n) is 4.33. The molecule has 2 N–H and O–H groups in total. The number of nitrogens with two attached hydrogens (primary N) is 1. The third-order valence-electron chi connectivity index (χ3n) is 3.29. The summed E-state index contributed by atoms with van der Waals surface area (Å²) in [6, 6.07) is 1.25. The van der Waals surface area contributed by atoms with Gasteiger partial charge in [-0.15, -0.1) is 0 Å². The average Bonchev–Trinajstić information content (AvgIpc) is 2.51. The zero-order chi connectivity index (χ0) is 9.26. The Labute approximate surface area is 85.2 Å². The van der Waals surface area contributed by atoms with Crippen LogP contribution in [0.4, 0.5) is 0 Å². The standard InChI is InChI=1S/C10H20N2S/c1-8-10(4-6-13-8)12-5-2-3-9(11)7-12/h8-10H,2-7,11H2,1H3. The summed E-state index contributed by atoms with van der Waals surface area (Å²) in [6.07, 6.45) is 3.90. The van der Waals surface area contributed by atoms with E-state index >= 15 is 0 Å². The number of hydrogen-bond donors (Lipinski definition) is 1. The number of thioether (sulfide) groups is 1. The first-order valence-electron chi connectivity index (χ1n) is 5.38. The van der Waals surface area contributed by atoms with E-state index < -0.39 is 0 Å². The van der Waals surface area contributed by atoms with E-state index in [0.29, 0.717) is 6.04 Å². The van der Waals surface area contributed by atoms with Gasteiger partial charge >= 0.3 is 0 Å². The molecule has 13 heavy (non-hydrogen) atoms. The minimum absolute atomic E-state index is 0.437. The van der Waals surface area contributed by atoms with Crippen molar-refractivity contribution in [1.29, 1.82) is 0 Å². The highest BCUT2D eigenvalue weighted by Crippen LogP contribution is 2.31. The summed E-state index contributed by atoms with van der Waals surface area (Å²) in [5.41, 5.74) is 5.99. The Morgan fingerprint density at radius 2 is 2.23 bits per heavy atom. The Kier molecular flexibility index (Phi) is 3.17. The Balaban J connectivity index is 1.91. The van der Waals surface area contributed by atoms with Gasteiger partial charge in [-0.3, -0.25) is 4.90 Å². The van der Waals surface area contributed by atoms with E-state index in [1.807, 2.05) is 0 Å². The molecule has 0 spiro atoms. The van der Waals surface area contributed by atoms with E-state index in [2.05, 4.69) is 23.6 Å². The van der Waals surface area contributed by atoms with Crippen molar-refractivity contribution in [3.8, 4) is 0 Å². The lowest BCUT2D eigenvalue weighted by atomic mass is 10.0. The number of hydrogen-bond acceptors (Lipinski definition) is 3. The molecular weight excluding hydrogens is 180 g/mol. The maximum Gasteiger partial charge on any atom is 0.0220 e. The summed E-state index contributed by atoms with van der Waals surface area (Å²) in [5.74, 6) is 1.34. The molecule has 0 aliphatic carbocycles. The molecule has 2 aliphatic rings. The molecule has 2 aliphatic heterocycles. The molecule has 0 aromatic heterocycles. The van der Waals surface area contributed by atoms with Gasteiger partial charge in [-0.25, -0.2) is 0 Å². The second kappa shape index (κ2) is 4.20. The molecule has 0 aromatic rings. The highest BCUT2D eigenvalue weighted by atomic mass is 32.2. The van der Waals surface area contributed by atoms with Gasteiger partial charge in [0.15, 0.2) is 0 Å². The lowest BCUT2D eigenvalue weighted by Gasteiger charge is -2.36. The van der Waals surface area contributed by atoms with Crippen molar-refractivity contribution < 1.29 is 0 Å². The van der Waals surface area contributed by atoms with Crippen LogP contribution in [0.3, 0.4) is 0 Å². The molecule has 0 bridgehead atoms. The molecule has 0 amide bonds. The van der Waals surface area contributed by atoms with E-state index in [4.69, 9.17) is 5.73 Å². The Morgan fingerprint density at radius 1 is 1.38 bits per heavy atom. The van der Waals surface area contributed by atoms with Crippen molar-refractivity contribution in [2.45, 2.75) is 43.5 Å². The minimum atomic E-state index is 0.437. The number of nitrogens with zero attached hydrogens (tertiary/aromatic N) is 1. The van der Waals surface area contributed by atoms with Crippen LogP contribution in [0, 0.1) is 0 Å². The summed E-state index contributed by atoms with van der Waals surface area (Å²) in [5, 5.41) is 0.824. The van der Waals surface area contributed by atoms with Gasteiger partial charge in [0.2, 0.25) is 0 Å². The van der Waals surface area contributed by atoms with Crippen molar-refractivity contribution in [3.63, 3.8) is 0 Å². The maximum absolute atomic E-state index is 5.99. The molecule has 3 atom stereocenters. The van der Waals surface area contributed by atoms with E-state index in [9.17, 15) is 0 Å². The Bertz CT molecular complexity index is 174. The van der Waals surface area contributed by atoms with Crippen molar-refractivity contribution in [2.24, 2.45) is 5.73 Å². The van der Waals surface area contributed by atoms with Crippen LogP contribution in [0.2, 0.25) is 0 Å². The zero-order valence-electron chi connectivity index (χ0n) is 8.41. The van der Waals surface area contributed by atoms with Crippen LogP contribution >= 0.6 is 11.8 Å². The van der Waals surface area contributed by atoms with Gasteiger partial charge in [-0.1, -0.05) is 6.92 Å². The number of piperidine rings is 1. The van der Waals surface area contributed by atoms with Gasteiger partial charge in [0.25, 0.3) is 0 Å². The van der Waals surface area contributed by atoms with Crippen molar-refractivity contribution in [3.05, 3.63) is 0 Å². The monoisotopic (exact) mass is 200 g/mol. The fourth-order valence-electron chi connectivity index (χ4n) is 2.54. The number of likely N-dealkylation sites (tertiary alicyclic amines) is 1. The van der Waals surface area contributed by atoms with Gasteiger partial charge in [-0.05, 0) is 31.6 Å². The largest absolute Gasteiger partial charge is 0.327 e. The summed E-state index contributed by atoms with van der Waals surface area (Å²) >= 11 is 2.12. The van der Waals surface area contributed by atoms with Crippen LogP contribution in [0.5, 0.6) is 0 Å². The SMILES string of the molecule is CC1SCCC1N1CCCC(N)C1. The summed E-state index contributed by atoms with van der Waals surface area (Å²) < 4.78 is 0. The molecule has 2 rings (SSSR count). The summed E-state index contributed by atoms with van der Waals surface area (Å²) in [6.45, 7) is 4.78. The highest BCUT2D eigenvalue weighted by Gasteiger charge is 2.31. The Morgan fingerprint density at radius 3 is 2.85 bits per heavy atom. The van der Waals surface area contributed by atoms with Gasteiger partial charge < -0.3 is 5.73 Å². The van der Waals surface area contributed by atoms with Crippen LogP contribution in [0.25, 0.3) is 0 Å². The first-order chi connectivity index (χ1) is 6.27. The second-order valence-corrected chi connectivity index (χ2v) is 5.81. The van der Waals surface area contributed by atoms with Crippen LogP contribution in [0.15, 0.2) is 0 Å². The molecule has 0 aromatic carbocycles. The normalized spacial score (nSPS) is 42.5. The van der Waals surface area contributed by atoms with Crippen molar-refractivity contribution in [1.82, 2.24) is 4.90 Å². The van der Waals surface area contributed by atoms with Crippen molar-refractivity contribution >= 4 is 11.8 Å². The first kappa shape index (κ1) is 9.81. The molecule has 0 saturated carbocycles. The Hall–Kier alpha value is 0.270. The molecule has 3 heteroatoms. The highest BCUT2D eigenvalue weighted by molar-refractivity contribution is 8.00. The van der Waals surface area contributed by atoms with E-state index in [1.54, 1.807) is 0 Å². The van der Waals surface area contributed by atoms with Gasteiger partial charge in [-0.2, -0.15) is 11.8 Å². The van der Waals surface area contributed by atoms with Crippen LogP contribution < -0.4 is 5.73 Å².